The Morgan fingerprint density at radius 3 is 2.73 bits per heavy atom. The smallest absolute Gasteiger partial charge is 0.162 e. The molecule has 1 unspecified atom stereocenters. The summed E-state index contributed by atoms with van der Waals surface area (Å²) in [5.41, 5.74) is 1.50. The van der Waals surface area contributed by atoms with Gasteiger partial charge in [-0.3, -0.25) is 9.59 Å². The van der Waals surface area contributed by atoms with Gasteiger partial charge in [0.2, 0.25) is 0 Å². The molecule has 0 aromatic rings. The number of rotatable bonds is 10. The van der Waals surface area contributed by atoms with Crippen molar-refractivity contribution >= 4 is 23.3 Å². The Morgan fingerprint density at radius 1 is 1.15 bits per heavy atom. The second-order valence-electron chi connectivity index (χ2n) is 11.6. The van der Waals surface area contributed by atoms with E-state index in [2.05, 4.69) is 27.0 Å². The van der Waals surface area contributed by atoms with Crippen molar-refractivity contribution in [2.75, 3.05) is 25.4 Å². The van der Waals surface area contributed by atoms with E-state index in [0.717, 1.165) is 44.9 Å². The van der Waals surface area contributed by atoms with Crippen molar-refractivity contribution in [1.29, 1.82) is 0 Å². The number of ketones is 2. The lowest BCUT2D eigenvalue weighted by atomic mass is 9.46. The highest BCUT2D eigenvalue weighted by Crippen LogP contribution is 2.67. The highest BCUT2D eigenvalue weighted by atomic mass is 32.2. The van der Waals surface area contributed by atoms with Gasteiger partial charge in [-0.15, -0.1) is 11.8 Å². The van der Waals surface area contributed by atoms with Crippen LogP contribution in [-0.2, 0) is 19.1 Å². The standard InChI is InChI=1S/C28H44O4S/c1-5-6-7-14-31-17-24(30)21-8-9-22-26-23(11-13-28(21,22)3)27(2)12-10-20(29)15-19(27)16-25(26)32-18-33-4/h15,21-23,25-26H,5-14,16-18H2,1-4H3/t21-,22+,23+,25?,26+,27+,28-/m1/s1. The number of hydrogen-bond acceptors (Lipinski definition) is 5. The Kier molecular flexibility index (Phi) is 8.12. The SMILES string of the molecule is CCCCCOCC(=O)[C@H]1CC[C@H]2[C@@H]3C(OCSC)CC4=CC(=O)CC[C@]4(C)[C@H]3CC[C@]12C. The van der Waals surface area contributed by atoms with Crippen molar-refractivity contribution in [3.63, 3.8) is 0 Å². The molecule has 0 aliphatic heterocycles. The summed E-state index contributed by atoms with van der Waals surface area (Å²) in [5.74, 6) is 2.98. The lowest BCUT2D eigenvalue weighted by molar-refractivity contribution is -0.143. The zero-order valence-electron chi connectivity index (χ0n) is 21.2. The number of Topliss-reactive ketones (excluding diaryl/α,β-unsaturated/α-hetero) is 1. The Morgan fingerprint density at radius 2 is 1.97 bits per heavy atom. The van der Waals surface area contributed by atoms with Crippen LogP contribution in [0.5, 0.6) is 0 Å². The molecule has 0 spiro atoms. The van der Waals surface area contributed by atoms with E-state index in [9.17, 15) is 9.59 Å². The number of carbonyl (C=O) groups excluding carboxylic acids is 2. The lowest BCUT2D eigenvalue weighted by Gasteiger charge is -2.60. The van der Waals surface area contributed by atoms with Crippen LogP contribution in [0.25, 0.3) is 0 Å². The summed E-state index contributed by atoms with van der Waals surface area (Å²) in [5, 5.41) is 0. The summed E-state index contributed by atoms with van der Waals surface area (Å²) in [4.78, 5) is 25.5. The third kappa shape index (κ3) is 4.76. The van der Waals surface area contributed by atoms with Gasteiger partial charge in [-0.05, 0) is 85.9 Å². The molecule has 3 fully saturated rings. The van der Waals surface area contributed by atoms with E-state index >= 15 is 0 Å². The molecule has 4 aliphatic carbocycles. The Labute approximate surface area is 205 Å². The highest BCUT2D eigenvalue weighted by Gasteiger charge is 2.62. The molecule has 0 heterocycles. The average molecular weight is 477 g/mol. The molecule has 0 bridgehead atoms. The van der Waals surface area contributed by atoms with Gasteiger partial charge in [0.05, 0.1) is 12.0 Å². The van der Waals surface area contributed by atoms with Crippen LogP contribution in [0.2, 0.25) is 0 Å². The van der Waals surface area contributed by atoms with Gasteiger partial charge in [-0.2, -0.15) is 0 Å². The molecule has 0 radical (unpaired) electrons. The molecule has 7 atom stereocenters. The van der Waals surface area contributed by atoms with Gasteiger partial charge in [0.1, 0.15) is 6.61 Å². The second kappa shape index (κ2) is 10.5. The lowest BCUT2D eigenvalue weighted by Crippen LogP contribution is -2.56. The van der Waals surface area contributed by atoms with E-state index in [0.29, 0.717) is 42.5 Å². The molecule has 4 aliphatic rings. The first-order valence-electron chi connectivity index (χ1n) is 13.3. The fourth-order valence-corrected chi connectivity index (χ4v) is 8.39. The summed E-state index contributed by atoms with van der Waals surface area (Å²) in [6.45, 7) is 7.98. The molecule has 0 amide bonds. The zero-order chi connectivity index (χ0) is 23.6. The predicted octanol–water partition coefficient (Wildman–Crippen LogP) is 6.23. The number of hydrogen-bond donors (Lipinski definition) is 0. The number of unbranched alkanes of at least 4 members (excludes halogenated alkanes) is 2. The first-order chi connectivity index (χ1) is 15.8. The number of thioether (sulfide) groups is 1. The van der Waals surface area contributed by atoms with E-state index in [1.54, 1.807) is 11.8 Å². The van der Waals surface area contributed by atoms with Gasteiger partial charge in [-0.25, -0.2) is 0 Å². The summed E-state index contributed by atoms with van der Waals surface area (Å²) in [7, 11) is 0. The van der Waals surface area contributed by atoms with Crippen LogP contribution in [0.15, 0.2) is 11.6 Å². The number of ether oxygens (including phenoxy) is 2. The fraction of sp³-hybridized carbons (Fsp3) is 0.857. The van der Waals surface area contributed by atoms with Crippen LogP contribution < -0.4 is 0 Å². The minimum absolute atomic E-state index is 0.0497. The minimum Gasteiger partial charge on any atom is -0.374 e. The average Bonchev–Trinajstić information content (AvgIpc) is 3.15. The molecule has 0 aromatic heterocycles. The number of fused-ring (bicyclic) bond motifs is 5. The molecule has 0 N–H and O–H groups in total. The zero-order valence-corrected chi connectivity index (χ0v) is 22.0. The normalized spacial score (nSPS) is 40.1. The van der Waals surface area contributed by atoms with Crippen molar-refractivity contribution in [3.05, 3.63) is 11.6 Å². The first kappa shape index (κ1) is 25.4. The molecular formula is C28H44O4S. The quantitative estimate of drug-likeness (QED) is 0.276. The third-order valence-corrected chi connectivity index (χ3v) is 10.3. The predicted molar refractivity (Wildman–Crippen MR) is 134 cm³/mol. The molecule has 186 valence electrons. The maximum atomic E-state index is 13.3. The largest absolute Gasteiger partial charge is 0.374 e. The Balaban J connectivity index is 1.53. The van der Waals surface area contributed by atoms with Gasteiger partial charge >= 0.3 is 0 Å². The second-order valence-corrected chi connectivity index (χ2v) is 12.4. The molecule has 3 saturated carbocycles. The van der Waals surface area contributed by atoms with E-state index in [1.807, 2.05) is 6.08 Å². The maximum absolute atomic E-state index is 13.3. The maximum Gasteiger partial charge on any atom is 0.162 e. The molecule has 4 rings (SSSR count). The third-order valence-electron chi connectivity index (χ3n) is 9.89. The summed E-state index contributed by atoms with van der Waals surface area (Å²) < 4.78 is 12.3. The van der Waals surface area contributed by atoms with Gasteiger partial charge in [0, 0.05) is 18.9 Å². The van der Waals surface area contributed by atoms with Gasteiger partial charge in [0.25, 0.3) is 0 Å². The molecule has 5 heteroatoms. The van der Waals surface area contributed by atoms with E-state index in [-0.39, 0.29) is 35.2 Å². The van der Waals surface area contributed by atoms with Crippen molar-refractivity contribution in [1.82, 2.24) is 0 Å². The van der Waals surface area contributed by atoms with Crippen LogP contribution in [0.1, 0.15) is 85.0 Å². The highest BCUT2D eigenvalue weighted by molar-refractivity contribution is 7.98. The van der Waals surface area contributed by atoms with E-state index in [1.165, 1.54) is 18.4 Å². The van der Waals surface area contributed by atoms with E-state index in [4.69, 9.17) is 9.47 Å². The van der Waals surface area contributed by atoms with Crippen molar-refractivity contribution < 1.29 is 19.1 Å². The van der Waals surface area contributed by atoms with Gasteiger partial charge < -0.3 is 9.47 Å². The molecule has 0 saturated heterocycles. The van der Waals surface area contributed by atoms with Crippen molar-refractivity contribution in [2.24, 2.45) is 34.5 Å². The van der Waals surface area contributed by atoms with Crippen molar-refractivity contribution in [2.45, 2.75) is 91.1 Å². The molecule has 33 heavy (non-hydrogen) atoms. The number of carbonyl (C=O) groups is 2. The fourth-order valence-electron chi connectivity index (χ4n) is 8.08. The van der Waals surface area contributed by atoms with Crippen LogP contribution in [0.4, 0.5) is 0 Å². The Bertz CT molecular complexity index is 763. The summed E-state index contributed by atoms with van der Waals surface area (Å²) in [6, 6.07) is 0. The van der Waals surface area contributed by atoms with Gasteiger partial charge in [0.15, 0.2) is 11.6 Å². The molecule has 4 nitrogen and oxygen atoms in total. The summed E-state index contributed by atoms with van der Waals surface area (Å²) in [6.07, 6.45) is 14.5. The monoisotopic (exact) mass is 476 g/mol. The first-order valence-corrected chi connectivity index (χ1v) is 14.7. The minimum atomic E-state index is 0.0497. The van der Waals surface area contributed by atoms with Gasteiger partial charge in [-0.1, -0.05) is 39.2 Å². The van der Waals surface area contributed by atoms with Crippen LogP contribution in [0.3, 0.4) is 0 Å². The van der Waals surface area contributed by atoms with Crippen molar-refractivity contribution in [3.8, 4) is 0 Å². The topological polar surface area (TPSA) is 52.6 Å². The van der Waals surface area contributed by atoms with E-state index < -0.39 is 0 Å². The van der Waals surface area contributed by atoms with Crippen LogP contribution in [0, 0.1) is 34.5 Å². The van der Waals surface area contributed by atoms with Crippen LogP contribution >= 0.6 is 11.8 Å². The summed E-state index contributed by atoms with van der Waals surface area (Å²) >= 11 is 1.73. The molecule has 0 aromatic carbocycles. The van der Waals surface area contributed by atoms with Crippen LogP contribution in [-0.4, -0.2) is 43.1 Å². The molecular weight excluding hydrogens is 432 g/mol. The Hall–Kier alpha value is -0.650.